The molecule has 2 aliphatic carbocycles. The molecular weight excluding hydrogens is 367 g/mol. The van der Waals surface area contributed by atoms with Crippen molar-refractivity contribution in [2.24, 2.45) is 17.8 Å². The Morgan fingerprint density at radius 3 is 2.13 bits per heavy atom. The number of allylic oxidation sites excluding steroid dienone is 2. The zero-order valence-corrected chi connectivity index (χ0v) is 19.5. The van der Waals surface area contributed by atoms with E-state index < -0.39 is 0 Å². The Kier molecular flexibility index (Phi) is 10.5. The van der Waals surface area contributed by atoms with Crippen molar-refractivity contribution in [1.29, 1.82) is 0 Å². The van der Waals surface area contributed by atoms with Crippen LogP contribution in [-0.4, -0.2) is 0 Å². The van der Waals surface area contributed by atoms with E-state index in [1.165, 1.54) is 102 Å². The van der Waals surface area contributed by atoms with Crippen molar-refractivity contribution in [3.8, 4) is 0 Å². The van der Waals surface area contributed by atoms with Crippen LogP contribution in [0.1, 0.15) is 115 Å². The van der Waals surface area contributed by atoms with Gasteiger partial charge in [0.2, 0.25) is 0 Å². The second-order valence-electron chi connectivity index (χ2n) is 10.2. The highest BCUT2D eigenvalue weighted by atomic mass is 19.1. The zero-order valence-electron chi connectivity index (χ0n) is 19.5. The minimum atomic E-state index is -0.129. The Bertz CT molecular complexity index is 606. The van der Waals surface area contributed by atoms with Crippen LogP contribution in [0.15, 0.2) is 35.9 Å². The average molecular weight is 413 g/mol. The molecule has 0 aliphatic heterocycles. The minimum absolute atomic E-state index is 0.129. The molecule has 3 rings (SSSR count). The Balaban J connectivity index is 1.27. The average Bonchev–Trinajstić information content (AvgIpc) is 2.79. The van der Waals surface area contributed by atoms with Crippen LogP contribution in [0, 0.1) is 23.6 Å². The van der Waals surface area contributed by atoms with Crippen molar-refractivity contribution in [2.45, 2.75) is 116 Å². The van der Waals surface area contributed by atoms with Gasteiger partial charge in [0.25, 0.3) is 0 Å². The van der Waals surface area contributed by atoms with Gasteiger partial charge in [0.1, 0.15) is 5.82 Å². The summed E-state index contributed by atoms with van der Waals surface area (Å²) in [5.74, 6) is 2.84. The lowest BCUT2D eigenvalue weighted by molar-refractivity contribution is 0.185. The number of benzene rings is 1. The van der Waals surface area contributed by atoms with Gasteiger partial charge >= 0.3 is 0 Å². The smallest absolute Gasteiger partial charge is 0.123 e. The summed E-state index contributed by atoms with van der Waals surface area (Å²) >= 11 is 0. The predicted molar refractivity (Wildman–Crippen MR) is 128 cm³/mol. The fraction of sp³-hybridized carbons (Fsp3) is 0.724. The first kappa shape index (κ1) is 23.6. The number of rotatable bonds is 12. The molecule has 0 radical (unpaired) electrons. The number of aryl methyl sites for hydroxylation is 1. The van der Waals surface area contributed by atoms with E-state index in [9.17, 15) is 4.39 Å². The third-order valence-electron chi connectivity index (χ3n) is 7.97. The van der Waals surface area contributed by atoms with E-state index in [-0.39, 0.29) is 5.82 Å². The van der Waals surface area contributed by atoms with Crippen LogP contribution in [-0.2, 0) is 6.42 Å². The van der Waals surface area contributed by atoms with Gasteiger partial charge in [-0.15, -0.1) is 0 Å². The summed E-state index contributed by atoms with van der Waals surface area (Å²) in [7, 11) is 0. The molecule has 1 saturated carbocycles. The second-order valence-corrected chi connectivity index (χ2v) is 10.2. The molecule has 1 atom stereocenters. The molecule has 0 saturated heterocycles. The maximum Gasteiger partial charge on any atom is 0.123 e. The molecule has 0 N–H and O–H groups in total. The van der Waals surface area contributed by atoms with Gasteiger partial charge < -0.3 is 0 Å². The zero-order chi connectivity index (χ0) is 21.0. The molecule has 0 amide bonds. The van der Waals surface area contributed by atoms with E-state index in [2.05, 4.69) is 13.0 Å². The Morgan fingerprint density at radius 1 is 0.767 bits per heavy atom. The lowest BCUT2D eigenvalue weighted by Gasteiger charge is -2.35. The molecular formula is C29H45F. The van der Waals surface area contributed by atoms with Gasteiger partial charge in [0, 0.05) is 0 Å². The molecule has 1 unspecified atom stereocenters. The number of hydrogen-bond acceptors (Lipinski definition) is 0. The SMILES string of the molecule is CCCCCCCCCC1CCC(C2CC=C(CCc3ccc(F)cc3)CC2)CC1. The standard InChI is InChI=1S/C29H45F/c1-2-3-4-5-6-7-8-9-24-12-18-27(19-13-24)28-20-14-25(15-21-28)10-11-26-16-22-29(30)23-17-26/h14,16-17,22-24,27-28H,2-13,15,18-21H2,1H3. The first-order valence-electron chi connectivity index (χ1n) is 13.2. The molecule has 1 fully saturated rings. The van der Waals surface area contributed by atoms with Crippen molar-refractivity contribution < 1.29 is 4.39 Å². The summed E-state index contributed by atoms with van der Waals surface area (Å²) in [6.07, 6.45) is 26.4. The first-order valence-corrected chi connectivity index (χ1v) is 13.2. The lowest BCUT2D eigenvalue weighted by Crippen LogP contribution is -2.23. The van der Waals surface area contributed by atoms with E-state index in [0.717, 1.165) is 30.6 Å². The quantitative estimate of drug-likeness (QED) is 0.237. The Hall–Kier alpha value is -1.11. The summed E-state index contributed by atoms with van der Waals surface area (Å²) in [5.41, 5.74) is 2.90. The fourth-order valence-electron chi connectivity index (χ4n) is 5.86. The van der Waals surface area contributed by atoms with Gasteiger partial charge in [0.05, 0.1) is 0 Å². The van der Waals surface area contributed by atoms with Gasteiger partial charge in [-0.05, 0) is 80.4 Å². The van der Waals surface area contributed by atoms with Crippen molar-refractivity contribution in [3.05, 3.63) is 47.3 Å². The Morgan fingerprint density at radius 2 is 1.47 bits per heavy atom. The van der Waals surface area contributed by atoms with Crippen LogP contribution in [0.25, 0.3) is 0 Å². The van der Waals surface area contributed by atoms with Crippen molar-refractivity contribution >= 4 is 0 Å². The molecule has 0 bridgehead atoms. The highest BCUT2D eigenvalue weighted by Gasteiger charge is 2.28. The normalized spacial score (nSPS) is 24.6. The van der Waals surface area contributed by atoms with Crippen molar-refractivity contribution in [3.63, 3.8) is 0 Å². The number of hydrogen-bond donors (Lipinski definition) is 0. The molecule has 2 aliphatic rings. The molecule has 1 heteroatoms. The molecule has 1 aromatic rings. The summed E-state index contributed by atoms with van der Waals surface area (Å²) in [5, 5.41) is 0. The minimum Gasteiger partial charge on any atom is -0.207 e. The van der Waals surface area contributed by atoms with Crippen LogP contribution >= 0.6 is 0 Å². The van der Waals surface area contributed by atoms with Crippen LogP contribution in [0.4, 0.5) is 4.39 Å². The van der Waals surface area contributed by atoms with Crippen molar-refractivity contribution in [2.75, 3.05) is 0 Å². The van der Waals surface area contributed by atoms with Gasteiger partial charge in [-0.1, -0.05) is 94.9 Å². The van der Waals surface area contributed by atoms with E-state index in [0.29, 0.717) is 0 Å². The van der Waals surface area contributed by atoms with Crippen molar-refractivity contribution in [1.82, 2.24) is 0 Å². The van der Waals surface area contributed by atoms with Gasteiger partial charge in [-0.3, -0.25) is 0 Å². The largest absolute Gasteiger partial charge is 0.207 e. The third kappa shape index (κ3) is 8.20. The summed E-state index contributed by atoms with van der Waals surface area (Å²) in [6, 6.07) is 7.05. The molecule has 0 nitrogen and oxygen atoms in total. The second kappa shape index (κ2) is 13.3. The summed E-state index contributed by atoms with van der Waals surface area (Å²) in [6.45, 7) is 2.30. The monoisotopic (exact) mass is 412 g/mol. The van der Waals surface area contributed by atoms with Gasteiger partial charge in [-0.2, -0.15) is 0 Å². The molecule has 30 heavy (non-hydrogen) atoms. The van der Waals surface area contributed by atoms with Crippen LogP contribution in [0.2, 0.25) is 0 Å². The van der Waals surface area contributed by atoms with E-state index >= 15 is 0 Å². The van der Waals surface area contributed by atoms with Gasteiger partial charge in [0.15, 0.2) is 0 Å². The topological polar surface area (TPSA) is 0 Å². The maximum atomic E-state index is 13.0. The van der Waals surface area contributed by atoms with Crippen LogP contribution in [0.3, 0.4) is 0 Å². The van der Waals surface area contributed by atoms with Crippen LogP contribution < -0.4 is 0 Å². The summed E-state index contributed by atoms with van der Waals surface area (Å²) in [4.78, 5) is 0. The molecule has 0 spiro atoms. The maximum absolute atomic E-state index is 13.0. The number of halogens is 1. The van der Waals surface area contributed by atoms with Crippen LogP contribution in [0.5, 0.6) is 0 Å². The molecule has 0 heterocycles. The highest BCUT2D eigenvalue weighted by molar-refractivity contribution is 5.18. The number of unbranched alkanes of at least 4 members (excludes halogenated alkanes) is 6. The fourth-order valence-corrected chi connectivity index (χ4v) is 5.86. The van der Waals surface area contributed by atoms with E-state index in [1.54, 1.807) is 17.7 Å². The Labute approximate surface area is 185 Å². The van der Waals surface area contributed by atoms with E-state index in [1.807, 2.05) is 12.1 Å². The third-order valence-corrected chi connectivity index (χ3v) is 7.97. The molecule has 1 aromatic carbocycles. The highest BCUT2D eigenvalue weighted by Crippen LogP contribution is 2.41. The summed E-state index contributed by atoms with van der Waals surface area (Å²) < 4.78 is 13.0. The first-order chi connectivity index (χ1) is 14.7. The predicted octanol–water partition coefficient (Wildman–Crippen LogP) is 9.43. The molecule has 0 aromatic heterocycles. The van der Waals surface area contributed by atoms with E-state index in [4.69, 9.17) is 0 Å². The molecule has 168 valence electrons. The lowest BCUT2D eigenvalue weighted by atomic mass is 9.70. The van der Waals surface area contributed by atoms with Gasteiger partial charge in [-0.25, -0.2) is 4.39 Å².